The molecule has 0 bridgehead atoms. The number of carbonyl (C=O) groups is 1. The summed E-state index contributed by atoms with van der Waals surface area (Å²) < 4.78 is 5.26. The molecule has 2 aromatic rings. The molecule has 1 N–H and O–H groups in total. The predicted octanol–water partition coefficient (Wildman–Crippen LogP) is 3.37. The minimum Gasteiger partial charge on any atom is -0.495 e. The van der Waals surface area contributed by atoms with Crippen molar-refractivity contribution in [3.8, 4) is 5.75 Å². The molecule has 0 fully saturated rings. The number of aliphatic imine (C=N–C) groups is 1. The molecule has 0 saturated carbocycles. The molecule has 0 aliphatic carbocycles. The van der Waals surface area contributed by atoms with Crippen LogP contribution in [0.3, 0.4) is 0 Å². The van der Waals surface area contributed by atoms with Crippen LogP contribution in [0.2, 0.25) is 0 Å². The highest BCUT2D eigenvalue weighted by Crippen LogP contribution is 2.30. The molecule has 2 aromatic carbocycles. The molecule has 3 rings (SSSR count). The first-order valence-corrected chi connectivity index (χ1v) is 8.43. The maximum atomic E-state index is 12.5. The molecular formula is C20H23N3O3. The third kappa shape index (κ3) is 3.70. The highest BCUT2D eigenvalue weighted by atomic mass is 16.7. The smallest absolute Gasteiger partial charge is 0.229 e. The van der Waals surface area contributed by atoms with Gasteiger partial charge >= 0.3 is 0 Å². The highest BCUT2D eigenvalue weighted by Gasteiger charge is 2.38. The van der Waals surface area contributed by atoms with Crippen LogP contribution in [0, 0.1) is 6.92 Å². The van der Waals surface area contributed by atoms with E-state index in [1.165, 1.54) is 0 Å². The van der Waals surface area contributed by atoms with E-state index >= 15 is 0 Å². The molecule has 1 atom stereocenters. The molecule has 0 spiro atoms. The maximum Gasteiger partial charge on any atom is 0.229 e. The van der Waals surface area contributed by atoms with Crippen molar-refractivity contribution in [2.45, 2.75) is 26.0 Å². The minimum absolute atomic E-state index is 0.0881. The average Bonchev–Trinajstić information content (AvgIpc) is 2.89. The van der Waals surface area contributed by atoms with Crippen LogP contribution in [-0.2, 0) is 9.63 Å². The van der Waals surface area contributed by atoms with Gasteiger partial charge in [0.05, 0.1) is 19.2 Å². The molecule has 1 aliphatic rings. The molecule has 6 heteroatoms. The van der Waals surface area contributed by atoms with Gasteiger partial charge in [-0.15, -0.1) is 0 Å². The van der Waals surface area contributed by atoms with Gasteiger partial charge in [-0.2, -0.15) is 0 Å². The third-order valence-corrected chi connectivity index (χ3v) is 4.23. The molecule has 26 heavy (non-hydrogen) atoms. The van der Waals surface area contributed by atoms with Crippen LogP contribution in [0.15, 0.2) is 53.5 Å². The van der Waals surface area contributed by atoms with E-state index in [4.69, 9.17) is 9.57 Å². The van der Waals surface area contributed by atoms with Crippen LogP contribution in [0.25, 0.3) is 0 Å². The van der Waals surface area contributed by atoms with E-state index in [9.17, 15) is 4.79 Å². The zero-order valence-electron chi connectivity index (χ0n) is 15.4. The summed E-state index contributed by atoms with van der Waals surface area (Å²) in [6.45, 7) is 3.83. The monoisotopic (exact) mass is 353 g/mol. The molecule has 1 heterocycles. The van der Waals surface area contributed by atoms with Crippen LogP contribution in [0.5, 0.6) is 5.75 Å². The normalized spacial score (nSPS) is 19.2. The summed E-state index contributed by atoms with van der Waals surface area (Å²) in [6, 6.07) is 15.2. The van der Waals surface area contributed by atoms with Crippen molar-refractivity contribution < 1.29 is 14.4 Å². The lowest BCUT2D eigenvalue weighted by molar-refractivity contribution is -0.164. The molecule has 1 amide bonds. The first-order chi connectivity index (χ1) is 12.4. The summed E-state index contributed by atoms with van der Waals surface area (Å²) in [5, 5.41) is 4.49. The van der Waals surface area contributed by atoms with Crippen LogP contribution < -0.4 is 10.1 Å². The van der Waals surface area contributed by atoms with Crippen molar-refractivity contribution >= 4 is 17.4 Å². The standard InChI is InChI=1S/C20H23N3O3/c1-14-9-5-6-10-15(14)19-22-20(2,26-23(19)3)13-18(24)21-16-11-7-8-12-17(16)25-4/h5-12H,13H2,1-4H3,(H,21,24). The van der Waals surface area contributed by atoms with E-state index < -0.39 is 5.72 Å². The van der Waals surface area contributed by atoms with Gasteiger partial charge < -0.3 is 10.1 Å². The highest BCUT2D eigenvalue weighted by molar-refractivity contribution is 6.01. The molecule has 1 unspecified atom stereocenters. The number of amides is 1. The Kier molecular flexibility index (Phi) is 4.95. The zero-order chi connectivity index (χ0) is 18.7. The lowest BCUT2D eigenvalue weighted by Crippen LogP contribution is -2.32. The first-order valence-electron chi connectivity index (χ1n) is 8.43. The van der Waals surface area contributed by atoms with Crippen LogP contribution in [-0.4, -0.2) is 36.7 Å². The quantitative estimate of drug-likeness (QED) is 0.895. The fraction of sp³-hybridized carbons (Fsp3) is 0.300. The second-order valence-corrected chi connectivity index (χ2v) is 6.44. The number of hydrogen-bond acceptors (Lipinski definition) is 5. The molecule has 0 aromatic heterocycles. The number of ether oxygens (including phenoxy) is 1. The summed E-state index contributed by atoms with van der Waals surface area (Å²) in [5.74, 6) is 1.13. The van der Waals surface area contributed by atoms with E-state index in [-0.39, 0.29) is 12.3 Å². The molecule has 1 aliphatic heterocycles. The van der Waals surface area contributed by atoms with Gasteiger partial charge in [0, 0.05) is 12.6 Å². The predicted molar refractivity (Wildman–Crippen MR) is 101 cm³/mol. The summed E-state index contributed by atoms with van der Waals surface area (Å²) in [7, 11) is 3.37. The Morgan fingerprint density at radius 1 is 1.23 bits per heavy atom. The lowest BCUT2D eigenvalue weighted by atomic mass is 10.1. The van der Waals surface area contributed by atoms with Crippen molar-refractivity contribution in [1.29, 1.82) is 0 Å². The molecule has 6 nitrogen and oxygen atoms in total. The largest absolute Gasteiger partial charge is 0.495 e. The summed E-state index contributed by atoms with van der Waals surface area (Å²) in [5.41, 5.74) is 1.75. The number of hydrogen-bond donors (Lipinski definition) is 1. The average molecular weight is 353 g/mol. The van der Waals surface area contributed by atoms with E-state index in [2.05, 4.69) is 10.3 Å². The van der Waals surface area contributed by atoms with E-state index in [1.807, 2.05) is 43.3 Å². The van der Waals surface area contributed by atoms with Gasteiger partial charge in [-0.25, -0.2) is 14.9 Å². The topological polar surface area (TPSA) is 63.2 Å². The van der Waals surface area contributed by atoms with Gasteiger partial charge in [-0.1, -0.05) is 36.4 Å². The van der Waals surface area contributed by atoms with Gasteiger partial charge in [0.15, 0.2) is 11.6 Å². The number of amidine groups is 1. The fourth-order valence-corrected chi connectivity index (χ4v) is 3.02. The van der Waals surface area contributed by atoms with Crippen molar-refractivity contribution in [2.24, 2.45) is 4.99 Å². The summed E-state index contributed by atoms with van der Waals surface area (Å²) in [4.78, 5) is 23.1. The van der Waals surface area contributed by atoms with Crippen molar-refractivity contribution in [2.75, 3.05) is 19.5 Å². The van der Waals surface area contributed by atoms with Crippen molar-refractivity contribution in [1.82, 2.24) is 5.06 Å². The van der Waals surface area contributed by atoms with E-state index in [0.29, 0.717) is 11.4 Å². The molecule has 0 radical (unpaired) electrons. The number of para-hydroxylation sites is 2. The Bertz CT molecular complexity index is 850. The fourth-order valence-electron chi connectivity index (χ4n) is 3.02. The Morgan fingerprint density at radius 2 is 1.92 bits per heavy atom. The Morgan fingerprint density at radius 3 is 2.65 bits per heavy atom. The Hall–Kier alpha value is -2.86. The molecular weight excluding hydrogens is 330 g/mol. The summed E-state index contributed by atoms with van der Waals surface area (Å²) >= 11 is 0. The minimum atomic E-state index is -0.960. The first kappa shape index (κ1) is 17.9. The number of hydroxylamine groups is 2. The molecule has 0 saturated heterocycles. The summed E-state index contributed by atoms with van der Waals surface area (Å²) in [6.07, 6.45) is 0.0881. The zero-order valence-corrected chi connectivity index (χ0v) is 15.4. The Labute approximate surface area is 153 Å². The van der Waals surface area contributed by atoms with Gasteiger partial charge in [0.25, 0.3) is 0 Å². The van der Waals surface area contributed by atoms with Crippen LogP contribution in [0.4, 0.5) is 5.69 Å². The van der Waals surface area contributed by atoms with Gasteiger partial charge in [0.2, 0.25) is 5.91 Å². The van der Waals surface area contributed by atoms with Crippen molar-refractivity contribution in [3.63, 3.8) is 0 Å². The van der Waals surface area contributed by atoms with Gasteiger partial charge in [-0.3, -0.25) is 4.79 Å². The number of methoxy groups -OCH3 is 1. The SMILES string of the molecule is COc1ccccc1NC(=O)CC1(C)N=C(c2ccccc2C)N(C)O1. The lowest BCUT2D eigenvalue weighted by Gasteiger charge is -2.21. The second-order valence-electron chi connectivity index (χ2n) is 6.44. The number of nitrogens with one attached hydrogen (secondary N) is 1. The number of carbonyl (C=O) groups excluding carboxylic acids is 1. The Balaban J connectivity index is 1.77. The van der Waals surface area contributed by atoms with Crippen LogP contribution >= 0.6 is 0 Å². The van der Waals surface area contributed by atoms with E-state index in [1.54, 1.807) is 38.3 Å². The number of rotatable bonds is 5. The van der Waals surface area contributed by atoms with Crippen LogP contribution in [0.1, 0.15) is 24.5 Å². The van der Waals surface area contributed by atoms with E-state index in [0.717, 1.165) is 17.0 Å². The van der Waals surface area contributed by atoms with Gasteiger partial charge in [0.1, 0.15) is 5.75 Å². The van der Waals surface area contributed by atoms with Crippen molar-refractivity contribution in [3.05, 3.63) is 59.7 Å². The number of nitrogens with zero attached hydrogens (tertiary/aromatic N) is 2. The maximum absolute atomic E-state index is 12.5. The number of aryl methyl sites for hydroxylation is 1. The van der Waals surface area contributed by atoms with Gasteiger partial charge in [-0.05, 0) is 31.5 Å². The number of benzene rings is 2. The number of anilines is 1. The molecule has 136 valence electrons. The second kappa shape index (κ2) is 7.17. The third-order valence-electron chi connectivity index (χ3n) is 4.23.